The zero-order chi connectivity index (χ0) is 13.6. The van der Waals surface area contributed by atoms with Crippen molar-refractivity contribution in [3.05, 3.63) is 35.9 Å². The highest BCUT2D eigenvalue weighted by molar-refractivity contribution is 5.86. The first-order valence-corrected chi connectivity index (χ1v) is 5.36. The number of anilines is 1. The van der Waals surface area contributed by atoms with E-state index in [9.17, 15) is 13.2 Å². The fourth-order valence-corrected chi connectivity index (χ4v) is 1.90. The Kier molecular flexibility index (Phi) is 2.31. The molecule has 19 heavy (non-hydrogen) atoms. The van der Waals surface area contributed by atoms with Crippen molar-refractivity contribution < 1.29 is 17.6 Å². The number of benzene rings is 1. The number of hydrogen-bond acceptors (Lipinski definition) is 3. The van der Waals surface area contributed by atoms with Crippen molar-refractivity contribution in [1.29, 1.82) is 0 Å². The normalized spacial score (nSPS) is 12.2. The molecule has 7 heteroatoms. The van der Waals surface area contributed by atoms with Gasteiger partial charge in [0.25, 0.3) is 0 Å². The number of furan rings is 1. The maximum absolute atomic E-state index is 12.9. The molecule has 2 heterocycles. The van der Waals surface area contributed by atoms with E-state index in [4.69, 9.17) is 10.2 Å². The van der Waals surface area contributed by atoms with Gasteiger partial charge in [-0.1, -0.05) is 6.07 Å². The molecule has 98 valence electrons. The van der Waals surface area contributed by atoms with E-state index in [0.717, 1.165) is 6.07 Å². The Bertz CT molecular complexity index is 742. The number of H-pyrrole nitrogens is 1. The summed E-state index contributed by atoms with van der Waals surface area (Å²) >= 11 is 0. The molecule has 4 nitrogen and oxygen atoms in total. The Hall–Kier alpha value is -2.44. The van der Waals surface area contributed by atoms with Gasteiger partial charge in [-0.3, -0.25) is 5.10 Å². The molecule has 0 spiro atoms. The third kappa shape index (κ3) is 1.92. The maximum Gasteiger partial charge on any atom is 0.417 e. The number of nitrogens with one attached hydrogen (secondary N) is 1. The van der Waals surface area contributed by atoms with E-state index in [1.807, 2.05) is 0 Å². The molecule has 0 bridgehead atoms. The lowest BCUT2D eigenvalue weighted by molar-refractivity contribution is -0.136. The molecule has 1 aromatic carbocycles. The molecule has 0 saturated carbocycles. The minimum atomic E-state index is -4.42. The van der Waals surface area contributed by atoms with Crippen LogP contribution in [0.3, 0.4) is 0 Å². The second-order valence-corrected chi connectivity index (χ2v) is 4.03. The van der Waals surface area contributed by atoms with Gasteiger partial charge in [0, 0.05) is 11.5 Å². The summed E-state index contributed by atoms with van der Waals surface area (Å²) in [5, 5.41) is 6.31. The molecule has 0 atom stereocenters. The summed E-state index contributed by atoms with van der Waals surface area (Å²) in [5.74, 6) is 0.502. The van der Waals surface area contributed by atoms with Gasteiger partial charge in [0.05, 0.1) is 5.56 Å². The highest BCUT2D eigenvalue weighted by atomic mass is 19.4. The molecule has 0 unspecified atom stereocenters. The molecule has 2 aromatic heterocycles. The topological polar surface area (TPSA) is 67.8 Å². The molecule has 3 N–H and O–H groups in total. The van der Waals surface area contributed by atoms with Gasteiger partial charge in [-0.25, -0.2) is 0 Å². The number of nitrogens with zero attached hydrogens (tertiary/aromatic N) is 1. The van der Waals surface area contributed by atoms with Crippen molar-refractivity contribution in [1.82, 2.24) is 10.2 Å². The van der Waals surface area contributed by atoms with Crippen LogP contribution in [0, 0.1) is 0 Å². The van der Waals surface area contributed by atoms with Crippen LogP contribution in [-0.4, -0.2) is 10.2 Å². The SMILES string of the molecule is Nc1cc(-c2cc3c(C(F)(F)F)cccc3o2)[nH]n1. The minimum Gasteiger partial charge on any atom is -0.454 e. The summed E-state index contributed by atoms with van der Waals surface area (Å²) in [4.78, 5) is 0. The molecule has 3 aromatic rings. The lowest BCUT2D eigenvalue weighted by Gasteiger charge is -2.06. The van der Waals surface area contributed by atoms with Crippen LogP contribution in [0.25, 0.3) is 22.4 Å². The average Bonchev–Trinajstić information content (AvgIpc) is 2.92. The largest absolute Gasteiger partial charge is 0.454 e. The zero-order valence-electron chi connectivity index (χ0n) is 9.45. The summed E-state index contributed by atoms with van der Waals surface area (Å²) in [6.07, 6.45) is -4.42. The Morgan fingerprint density at radius 1 is 1.21 bits per heavy atom. The van der Waals surface area contributed by atoms with Gasteiger partial charge in [-0.2, -0.15) is 18.3 Å². The predicted octanol–water partition coefficient (Wildman–Crippen LogP) is 3.42. The van der Waals surface area contributed by atoms with Crippen molar-refractivity contribution in [3.63, 3.8) is 0 Å². The first-order valence-electron chi connectivity index (χ1n) is 5.36. The lowest BCUT2D eigenvalue weighted by atomic mass is 10.1. The van der Waals surface area contributed by atoms with Gasteiger partial charge >= 0.3 is 6.18 Å². The second-order valence-electron chi connectivity index (χ2n) is 4.03. The van der Waals surface area contributed by atoms with Gasteiger partial charge < -0.3 is 10.2 Å². The van der Waals surface area contributed by atoms with E-state index in [-0.39, 0.29) is 22.5 Å². The van der Waals surface area contributed by atoms with Crippen molar-refractivity contribution in [3.8, 4) is 11.5 Å². The number of fused-ring (bicyclic) bond motifs is 1. The Balaban J connectivity index is 2.21. The van der Waals surface area contributed by atoms with Gasteiger partial charge in [-0.15, -0.1) is 0 Å². The molecular weight excluding hydrogens is 259 g/mol. The van der Waals surface area contributed by atoms with Crippen molar-refractivity contribution >= 4 is 16.8 Å². The molecular formula is C12H8F3N3O. The number of rotatable bonds is 1. The Morgan fingerprint density at radius 3 is 2.63 bits per heavy atom. The molecule has 0 aliphatic rings. The smallest absolute Gasteiger partial charge is 0.417 e. The van der Waals surface area contributed by atoms with Gasteiger partial charge in [-0.05, 0) is 18.2 Å². The lowest BCUT2D eigenvalue weighted by Crippen LogP contribution is -2.04. The summed E-state index contributed by atoms with van der Waals surface area (Å²) in [5.41, 5.74) is 5.31. The first-order chi connectivity index (χ1) is 8.95. The van der Waals surface area contributed by atoms with Crippen LogP contribution in [0.5, 0.6) is 0 Å². The minimum absolute atomic E-state index is 0.0122. The predicted molar refractivity (Wildman–Crippen MR) is 63.2 cm³/mol. The number of alkyl halides is 3. The highest BCUT2D eigenvalue weighted by Gasteiger charge is 2.33. The first kappa shape index (κ1) is 11.6. The van der Waals surface area contributed by atoms with E-state index >= 15 is 0 Å². The van der Waals surface area contributed by atoms with E-state index in [0.29, 0.717) is 5.69 Å². The second kappa shape index (κ2) is 3.78. The van der Waals surface area contributed by atoms with Crippen molar-refractivity contribution in [2.75, 3.05) is 5.73 Å². The van der Waals surface area contributed by atoms with Gasteiger partial charge in [0.15, 0.2) is 5.76 Å². The fraction of sp³-hybridized carbons (Fsp3) is 0.0833. The molecule has 0 fully saturated rings. The standard InChI is InChI=1S/C12H8F3N3O/c13-12(14,15)7-2-1-3-9-6(7)4-10(19-9)8-5-11(16)18-17-8/h1-5H,(H3,16,17,18). The molecule has 0 saturated heterocycles. The number of hydrogen-bond donors (Lipinski definition) is 2. The van der Waals surface area contributed by atoms with E-state index in [2.05, 4.69) is 10.2 Å². The molecule has 3 rings (SSSR count). The van der Waals surface area contributed by atoms with Gasteiger partial charge in [0.1, 0.15) is 17.1 Å². The number of aromatic nitrogens is 2. The van der Waals surface area contributed by atoms with Crippen LogP contribution in [0.4, 0.5) is 19.0 Å². The van der Waals surface area contributed by atoms with Crippen molar-refractivity contribution in [2.45, 2.75) is 6.18 Å². The van der Waals surface area contributed by atoms with Crippen LogP contribution in [0.1, 0.15) is 5.56 Å². The number of halogens is 3. The van der Waals surface area contributed by atoms with Crippen LogP contribution >= 0.6 is 0 Å². The van der Waals surface area contributed by atoms with Gasteiger partial charge in [0.2, 0.25) is 0 Å². The Labute approximate surface area is 105 Å². The maximum atomic E-state index is 12.9. The molecule has 0 amide bonds. The summed E-state index contributed by atoms with van der Waals surface area (Å²) in [6, 6.07) is 6.62. The van der Waals surface area contributed by atoms with Crippen LogP contribution in [-0.2, 0) is 6.18 Å². The fourth-order valence-electron chi connectivity index (χ4n) is 1.90. The number of aromatic amines is 1. The third-order valence-corrected chi connectivity index (χ3v) is 2.73. The van der Waals surface area contributed by atoms with Crippen LogP contribution in [0.15, 0.2) is 34.7 Å². The summed E-state index contributed by atoms with van der Waals surface area (Å²) in [6.45, 7) is 0. The molecule has 0 aliphatic carbocycles. The summed E-state index contributed by atoms with van der Waals surface area (Å²) in [7, 11) is 0. The number of nitrogen functional groups attached to an aromatic ring is 1. The molecule has 0 aliphatic heterocycles. The molecule has 0 radical (unpaired) electrons. The average molecular weight is 267 g/mol. The third-order valence-electron chi connectivity index (χ3n) is 2.73. The quantitative estimate of drug-likeness (QED) is 0.709. The van der Waals surface area contributed by atoms with Crippen molar-refractivity contribution in [2.24, 2.45) is 0 Å². The highest BCUT2D eigenvalue weighted by Crippen LogP contribution is 2.37. The Morgan fingerprint density at radius 2 is 2.00 bits per heavy atom. The zero-order valence-corrected chi connectivity index (χ0v) is 9.45. The summed E-state index contributed by atoms with van der Waals surface area (Å²) < 4.78 is 43.9. The van der Waals surface area contributed by atoms with Crippen LogP contribution < -0.4 is 5.73 Å². The number of nitrogens with two attached hydrogens (primary N) is 1. The van der Waals surface area contributed by atoms with E-state index < -0.39 is 11.7 Å². The van der Waals surface area contributed by atoms with E-state index in [1.165, 1.54) is 24.3 Å². The van der Waals surface area contributed by atoms with Crippen LogP contribution in [0.2, 0.25) is 0 Å². The van der Waals surface area contributed by atoms with E-state index in [1.54, 1.807) is 0 Å². The monoisotopic (exact) mass is 267 g/mol.